The summed E-state index contributed by atoms with van der Waals surface area (Å²) in [6, 6.07) is 10.3. The van der Waals surface area contributed by atoms with Gasteiger partial charge in [0.15, 0.2) is 0 Å². The van der Waals surface area contributed by atoms with Gasteiger partial charge in [0.25, 0.3) is 0 Å². The van der Waals surface area contributed by atoms with E-state index in [0.717, 1.165) is 57.7 Å². The van der Waals surface area contributed by atoms with Crippen molar-refractivity contribution in [2.24, 2.45) is 7.05 Å². The second-order valence-corrected chi connectivity index (χ2v) is 10.7. The molecule has 3 heterocycles. The number of benzene rings is 1. The summed E-state index contributed by atoms with van der Waals surface area (Å²) in [6.45, 7) is 1.56. The van der Waals surface area contributed by atoms with Gasteiger partial charge in [-0.1, -0.05) is 12.1 Å². The first-order chi connectivity index (χ1) is 13.8. The van der Waals surface area contributed by atoms with E-state index in [2.05, 4.69) is 49.2 Å². The zero-order valence-electron chi connectivity index (χ0n) is 16.7. The Labute approximate surface area is 184 Å². The summed E-state index contributed by atoms with van der Waals surface area (Å²) >= 11 is 2.31. The molecule has 7 nitrogen and oxygen atoms in total. The maximum Gasteiger partial charge on any atom is 0.211 e. The number of hydrogen-bond donors (Lipinski definition) is 0. The highest BCUT2D eigenvalue weighted by Gasteiger charge is 2.28. The largest absolute Gasteiger partial charge is 0.356 e. The molecule has 0 amide bonds. The lowest BCUT2D eigenvalue weighted by Crippen LogP contribution is -2.45. The SMILES string of the molecule is CN(C1CCN(c2cc(-c3nc4ccccc4n3C)c(I)cn2)CC1)S(C)(=O)=O. The second-order valence-electron chi connectivity index (χ2n) is 7.50. The highest BCUT2D eigenvalue weighted by atomic mass is 127. The Morgan fingerprint density at radius 3 is 2.55 bits per heavy atom. The van der Waals surface area contributed by atoms with E-state index in [1.54, 1.807) is 7.05 Å². The number of halogens is 1. The van der Waals surface area contributed by atoms with Crippen LogP contribution >= 0.6 is 22.6 Å². The van der Waals surface area contributed by atoms with Gasteiger partial charge in [-0.05, 0) is 53.6 Å². The highest BCUT2D eigenvalue weighted by Crippen LogP contribution is 2.31. The van der Waals surface area contributed by atoms with Crippen molar-refractivity contribution in [3.63, 3.8) is 0 Å². The summed E-state index contributed by atoms with van der Waals surface area (Å²) in [5, 5.41) is 0. The fraction of sp³-hybridized carbons (Fsp3) is 0.400. The molecular formula is C20H24IN5O2S. The molecule has 0 aliphatic carbocycles. The van der Waals surface area contributed by atoms with Crippen molar-refractivity contribution in [3.8, 4) is 11.4 Å². The van der Waals surface area contributed by atoms with E-state index >= 15 is 0 Å². The van der Waals surface area contributed by atoms with Crippen LogP contribution in [0.5, 0.6) is 0 Å². The van der Waals surface area contributed by atoms with Gasteiger partial charge in [-0.25, -0.2) is 22.7 Å². The Morgan fingerprint density at radius 2 is 1.90 bits per heavy atom. The number of nitrogens with zero attached hydrogens (tertiary/aromatic N) is 5. The summed E-state index contributed by atoms with van der Waals surface area (Å²) in [6.07, 6.45) is 4.74. The quantitative estimate of drug-likeness (QED) is 0.490. The zero-order valence-corrected chi connectivity index (χ0v) is 19.7. The third kappa shape index (κ3) is 3.99. The van der Waals surface area contributed by atoms with E-state index in [-0.39, 0.29) is 6.04 Å². The lowest BCUT2D eigenvalue weighted by atomic mass is 10.1. The minimum Gasteiger partial charge on any atom is -0.356 e. The number of para-hydroxylation sites is 2. The average molecular weight is 525 g/mol. The van der Waals surface area contributed by atoms with Crippen molar-refractivity contribution < 1.29 is 8.42 Å². The van der Waals surface area contributed by atoms with Gasteiger partial charge in [0, 0.05) is 48.6 Å². The van der Waals surface area contributed by atoms with Gasteiger partial charge in [0.2, 0.25) is 10.0 Å². The molecular weight excluding hydrogens is 501 g/mol. The molecule has 0 unspecified atom stereocenters. The fourth-order valence-corrected chi connectivity index (χ4v) is 5.18. The first kappa shape index (κ1) is 20.5. The molecule has 0 spiro atoms. The zero-order chi connectivity index (χ0) is 20.8. The van der Waals surface area contributed by atoms with Crippen LogP contribution < -0.4 is 4.90 Å². The molecule has 29 heavy (non-hydrogen) atoms. The van der Waals surface area contributed by atoms with Crippen LogP contribution in [-0.4, -0.2) is 59.7 Å². The molecule has 4 rings (SSSR count). The van der Waals surface area contributed by atoms with Crippen LogP contribution in [0.1, 0.15) is 12.8 Å². The molecule has 2 aromatic heterocycles. The van der Waals surface area contributed by atoms with Crippen molar-refractivity contribution in [3.05, 3.63) is 40.1 Å². The molecule has 0 radical (unpaired) electrons. The van der Waals surface area contributed by atoms with Crippen LogP contribution in [0.15, 0.2) is 36.5 Å². The number of sulfonamides is 1. The first-order valence-electron chi connectivity index (χ1n) is 9.51. The second kappa shape index (κ2) is 7.84. The Kier molecular flexibility index (Phi) is 5.56. The first-order valence-corrected chi connectivity index (χ1v) is 12.4. The summed E-state index contributed by atoms with van der Waals surface area (Å²) in [5.74, 6) is 1.83. The lowest BCUT2D eigenvalue weighted by Gasteiger charge is -2.36. The van der Waals surface area contributed by atoms with Gasteiger partial charge >= 0.3 is 0 Å². The summed E-state index contributed by atoms with van der Waals surface area (Å²) in [5.41, 5.74) is 3.13. The third-order valence-electron chi connectivity index (χ3n) is 5.69. The molecule has 1 fully saturated rings. The van der Waals surface area contributed by atoms with Crippen molar-refractivity contribution in [2.45, 2.75) is 18.9 Å². The number of anilines is 1. The number of imidazole rings is 1. The Balaban J connectivity index is 1.60. The molecule has 9 heteroatoms. The van der Waals surface area contributed by atoms with E-state index in [1.807, 2.05) is 31.4 Å². The van der Waals surface area contributed by atoms with Crippen LogP contribution in [0, 0.1) is 3.57 Å². The maximum absolute atomic E-state index is 11.8. The minimum atomic E-state index is -3.16. The van der Waals surface area contributed by atoms with Gasteiger partial charge in [-0.2, -0.15) is 0 Å². The minimum absolute atomic E-state index is 0.0457. The molecule has 1 aromatic carbocycles. The van der Waals surface area contributed by atoms with Gasteiger partial charge < -0.3 is 9.47 Å². The maximum atomic E-state index is 11.8. The van der Waals surface area contributed by atoms with Crippen LogP contribution in [0.2, 0.25) is 0 Å². The lowest BCUT2D eigenvalue weighted by molar-refractivity contribution is 0.313. The normalized spacial score (nSPS) is 16.1. The van der Waals surface area contributed by atoms with E-state index in [9.17, 15) is 8.42 Å². The number of hydrogen-bond acceptors (Lipinski definition) is 5. The third-order valence-corrected chi connectivity index (χ3v) is 7.90. The van der Waals surface area contributed by atoms with Crippen LogP contribution in [-0.2, 0) is 17.1 Å². The number of aromatic nitrogens is 3. The highest BCUT2D eigenvalue weighted by molar-refractivity contribution is 14.1. The summed E-state index contributed by atoms with van der Waals surface area (Å²) in [4.78, 5) is 11.7. The molecule has 0 bridgehead atoms. The number of rotatable bonds is 4. The Bertz CT molecular complexity index is 1150. The molecule has 1 saturated heterocycles. The molecule has 0 saturated carbocycles. The van der Waals surface area contributed by atoms with Crippen molar-refractivity contribution in [1.29, 1.82) is 0 Å². The monoisotopic (exact) mass is 525 g/mol. The van der Waals surface area contributed by atoms with Gasteiger partial charge in [0.1, 0.15) is 11.6 Å². The Morgan fingerprint density at radius 1 is 1.21 bits per heavy atom. The van der Waals surface area contributed by atoms with E-state index in [0.29, 0.717) is 0 Å². The number of piperidine rings is 1. The van der Waals surface area contributed by atoms with Crippen LogP contribution in [0.4, 0.5) is 5.82 Å². The van der Waals surface area contributed by atoms with Gasteiger partial charge in [0.05, 0.1) is 17.3 Å². The molecule has 3 aromatic rings. The van der Waals surface area contributed by atoms with E-state index < -0.39 is 10.0 Å². The Hall–Kier alpha value is -1.72. The predicted molar refractivity (Wildman–Crippen MR) is 125 cm³/mol. The molecule has 0 N–H and O–H groups in total. The van der Waals surface area contributed by atoms with Crippen molar-refractivity contribution in [1.82, 2.24) is 18.8 Å². The number of fused-ring (bicyclic) bond motifs is 1. The number of aryl methyl sites for hydroxylation is 1. The molecule has 1 aliphatic heterocycles. The van der Waals surface area contributed by atoms with Crippen LogP contribution in [0.3, 0.4) is 0 Å². The predicted octanol–water partition coefficient (Wildman–Crippen LogP) is 3.10. The average Bonchev–Trinajstić information content (AvgIpc) is 3.04. The van der Waals surface area contributed by atoms with Crippen LogP contribution in [0.25, 0.3) is 22.4 Å². The molecule has 0 atom stereocenters. The molecule has 154 valence electrons. The van der Waals surface area contributed by atoms with Crippen molar-refractivity contribution in [2.75, 3.05) is 31.3 Å². The van der Waals surface area contributed by atoms with Gasteiger partial charge in [-0.15, -0.1) is 0 Å². The molecule has 1 aliphatic rings. The fourth-order valence-electron chi connectivity index (χ4n) is 3.89. The topological polar surface area (TPSA) is 71.3 Å². The van der Waals surface area contributed by atoms with Crippen molar-refractivity contribution >= 4 is 49.5 Å². The summed E-state index contributed by atoms with van der Waals surface area (Å²) < 4.78 is 28.3. The van der Waals surface area contributed by atoms with E-state index in [1.165, 1.54) is 10.6 Å². The standard InChI is InChI=1S/C20H24IN5O2S/c1-24-18-7-5-4-6-17(18)23-20(24)15-12-19(22-13-16(15)21)26-10-8-14(9-11-26)25(2)29(3,27)28/h4-7,12-14H,8-11H2,1-3H3. The smallest absolute Gasteiger partial charge is 0.211 e. The number of pyridine rings is 1. The summed E-state index contributed by atoms with van der Waals surface area (Å²) in [7, 11) is 0.541. The van der Waals surface area contributed by atoms with E-state index in [4.69, 9.17) is 4.98 Å². The van der Waals surface area contributed by atoms with Gasteiger partial charge in [-0.3, -0.25) is 0 Å².